The number of amides is 1. The maximum Gasteiger partial charge on any atom is 0.308 e. The lowest BCUT2D eigenvalue weighted by atomic mass is 9.84. The molecule has 1 fully saturated rings. The van der Waals surface area contributed by atoms with E-state index in [-0.39, 0.29) is 18.5 Å². The van der Waals surface area contributed by atoms with Gasteiger partial charge in [0.05, 0.1) is 5.92 Å². The molecule has 4 heteroatoms. The molecule has 0 heterocycles. The Bertz CT molecular complexity index is 514. The van der Waals surface area contributed by atoms with Gasteiger partial charge < -0.3 is 10.0 Å². The normalized spacial score (nSPS) is 22.8. The van der Waals surface area contributed by atoms with Crippen LogP contribution in [0.4, 0.5) is 0 Å². The maximum atomic E-state index is 12.9. The smallest absolute Gasteiger partial charge is 0.308 e. The van der Waals surface area contributed by atoms with E-state index in [1.165, 1.54) is 6.42 Å². The zero-order chi connectivity index (χ0) is 16.1. The molecule has 1 saturated carbocycles. The first-order chi connectivity index (χ1) is 10.5. The minimum atomic E-state index is -0.852. The quantitative estimate of drug-likeness (QED) is 0.906. The van der Waals surface area contributed by atoms with Gasteiger partial charge in [0.25, 0.3) is 5.91 Å². The Morgan fingerprint density at radius 1 is 1.23 bits per heavy atom. The second-order valence-electron chi connectivity index (χ2n) is 6.39. The molecule has 0 bridgehead atoms. The number of rotatable bonds is 5. The second kappa shape index (κ2) is 7.43. The largest absolute Gasteiger partial charge is 0.481 e. The highest BCUT2D eigenvalue weighted by atomic mass is 16.4. The number of carboxylic acid groups (broad SMARTS) is 1. The van der Waals surface area contributed by atoms with E-state index in [0.29, 0.717) is 11.5 Å². The van der Waals surface area contributed by atoms with Crippen molar-refractivity contribution in [3.8, 4) is 0 Å². The molecule has 3 atom stereocenters. The molecule has 1 aliphatic carbocycles. The number of aliphatic carboxylic acids is 1. The number of hydrogen-bond donors (Lipinski definition) is 1. The minimum Gasteiger partial charge on any atom is -0.481 e. The molecule has 0 aromatic heterocycles. The number of hydrogen-bond acceptors (Lipinski definition) is 2. The topological polar surface area (TPSA) is 57.6 Å². The molecule has 1 amide bonds. The molecule has 0 aliphatic heterocycles. The van der Waals surface area contributed by atoms with Gasteiger partial charge in [-0.2, -0.15) is 0 Å². The van der Waals surface area contributed by atoms with Crippen LogP contribution in [0.15, 0.2) is 30.3 Å². The van der Waals surface area contributed by atoms with Crippen molar-refractivity contribution in [2.45, 2.75) is 45.6 Å². The standard InChI is InChI=1S/C18H25NO3/c1-13-8-6-7-11-16(13)19(12-14(2)18(21)22)17(20)15-9-4-3-5-10-15/h3-5,9-10,13-14,16H,6-8,11-12H2,1-2H3,(H,21,22). The number of carboxylic acids is 1. The Balaban J connectivity index is 2.24. The second-order valence-corrected chi connectivity index (χ2v) is 6.39. The first-order valence-electron chi connectivity index (χ1n) is 8.09. The molecule has 120 valence electrons. The summed E-state index contributed by atoms with van der Waals surface area (Å²) in [6.45, 7) is 4.11. The SMILES string of the molecule is CC(CN(C(=O)c1ccccc1)C1CCCCC1C)C(=O)O. The van der Waals surface area contributed by atoms with E-state index in [4.69, 9.17) is 0 Å². The zero-order valence-electron chi connectivity index (χ0n) is 13.4. The van der Waals surface area contributed by atoms with Gasteiger partial charge >= 0.3 is 5.97 Å². The van der Waals surface area contributed by atoms with Crippen molar-refractivity contribution in [3.05, 3.63) is 35.9 Å². The molecule has 0 radical (unpaired) electrons. The van der Waals surface area contributed by atoms with Gasteiger partial charge in [-0.1, -0.05) is 44.9 Å². The first kappa shape index (κ1) is 16.5. The summed E-state index contributed by atoms with van der Waals surface area (Å²) in [6, 6.07) is 9.31. The van der Waals surface area contributed by atoms with Gasteiger partial charge in [-0.3, -0.25) is 9.59 Å². The predicted molar refractivity (Wildman–Crippen MR) is 85.7 cm³/mol. The molecule has 1 aliphatic rings. The molecular weight excluding hydrogens is 278 g/mol. The maximum absolute atomic E-state index is 12.9. The van der Waals surface area contributed by atoms with Crippen molar-refractivity contribution in [2.24, 2.45) is 11.8 Å². The van der Waals surface area contributed by atoms with Crippen LogP contribution in [0.3, 0.4) is 0 Å². The summed E-state index contributed by atoms with van der Waals surface area (Å²) in [5.41, 5.74) is 0.637. The van der Waals surface area contributed by atoms with Crippen molar-refractivity contribution < 1.29 is 14.7 Å². The number of benzene rings is 1. The molecule has 22 heavy (non-hydrogen) atoms. The number of carbonyl (C=O) groups excluding carboxylic acids is 1. The van der Waals surface area contributed by atoms with Gasteiger partial charge in [-0.05, 0) is 30.9 Å². The van der Waals surface area contributed by atoms with Crippen LogP contribution in [-0.2, 0) is 4.79 Å². The van der Waals surface area contributed by atoms with Gasteiger partial charge in [-0.25, -0.2) is 0 Å². The van der Waals surface area contributed by atoms with Crippen molar-refractivity contribution in [3.63, 3.8) is 0 Å². The molecule has 4 nitrogen and oxygen atoms in total. The molecule has 1 N–H and O–H groups in total. The number of nitrogens with zero attached hydrogens (tertiary/aromatic N) is 1. The Labute approximate surface area is 132 Å². The molecule has 1 aromatic rings. The summed E-state index contributed by atoms with van der Waals surface area (Å²) in [7, 11) is 0. The van der Waals surface area contributed by atoms with Crippen LogP contribution < -0.4 is 0 Å². The van der Waals surface area contributed by atoms with Crippen LogP contribution in [0, 0.1) is 11.8 Å². The zero-order valence-corrected chi connectivity index (χ0v) is 13.4. The van der Waals surface area contributed by atoms with Crippen LogP contribution in [0.1, 0.15) is 49.9 Å². The molecule has 0 saturated heterocycles. The number of carbonyl (C=O) groups is 2. The molecular formula is C18H25NO3. The van der Waals surface area contributed by atoms with Gasteiger partial charge in [0.15, 0.2) is 0 Å². The van der Waals surface area contributed by atoms with Crippen molar-refractivity contribution in [1.29, 1.82) is 0 Å². The first-order valence-corrected chi connectivity index (χ1v) is 8.09. The highest BCUT2D eigenvalue weighted by molar-refractivity contribution is 5.94. The van der Waals surface area contributed by atoms with E-state index in [2.05, 4.69) is 6.92 Å². The fraction of sp³-hybridized carbons (Fsp3) is 0.556. The van der Waals surface area contributed by atoms with Crippen molar-refractivity contribution in [2.75, 3.05) is 6.54 Å². The third-order valence-corrected chi connectivity index (χ3v) is 4.64. The minimum absolute atomic E-state index is 0.0487. The lowest BCUT2D eigenvalue weighted by Crippen LogP contribution is -2.48. The Hall–Kier alpha value is -1.84. The molecule has 2 rings (SSSR count). The lowest BCUT2D eigenvalue weighted by Gasteiger charge is -2.39. The molecule has 1 aromatic carbocycles. The van der Waals surface area contributed by atoms with Gasteiger partial charge in [0, 0.05) is 18.2 Å². The average molecular weight is 303 g/mol. The third kappa shape index (κ3) is 3.87. The van der Waals surface area contributed by atoms with E-state index < -0.39 is 11.9 Å². The fourth-order valence-electron chi connectivity index (χ4n) is 3.25. The van der Waals surface area contributed by atoms with E-state index >= 15 is 0 Å². The Morgan fingerprint density at radius 2 is 1.86 bits per heavy atom. The van der Waals surface area contributed by atoms with Gasteiger partial charge in [0.1, 0.15) is 0 Å². The summed E-state index contributed by atoms with van der Waals surface area (Å²) in [6.07, 6.45) is 4.37. The summed E-state index contributed by atoms with van der Waals surface area (Å²) in [5, 5.41) is 9.21. The highest BCUT2D eigenvalue weighted by Crippen LogP contribution is 2.29. The van der Waals surface area contributed by atoms with Gasteiger partial charge in [0.2, 0.25) is 0 Å². The van der Waals surface area contributed by atoms with Crippen molar-refractivity contribution in [1.82, 2.24) is 4.90 Å². The van der Waals surface area contributed by atoms with E-state index in [9.17, 15) is 14.7 Å². The fourth-order valence-corrected chi connectivity index (χ4v) is 3.25. The summed E-state index contributed by atoms with van der Waals surface area (Å²) in [4.78, 5) is 25.9. The Morgan fingerprint density at radius 3 is 2.45 bits per heavy atom. The van der Waals surface area contributed by atoms with Crippen LogP contribution >= 0.6 is 0 Å². The summed E-state index contributed by atoms with van der Waals surface area (Å²) >= 11 is 0. The predicted octanol–water partition coefficient (Wildman–Crippen LogP) is 3.43. The van der Waals surface area contributed by atoms with E-state index in [1.54, 1.807) is 24.0 Å². The van der Waals surface area contributed by atoms with E-state index in [1.807, 2.05) is 18.2 Å². The van der Waals surface area contributed by atoms with E-state index in [0.717, 1.165) is 19.3 Å². The molecule has 3 unspecified atom stereocenters. The van der Waals surface area contributed by atoms with Crippen LogP contribution in [0.2, 0.25) is 0 Å². The average Bonchev–Trinajstić information content (AvgIpc) is 2.53. The van der Waals surface area contributed by atoms with Crippen LogP contribution in [-0.4, -0.2) is 34.5 Å². The monoisotopic (exact) mass is 303 g/mol. The van der Waals surface area contributed by atoms with Crippen LogP contribution in [0.25, 0.3) is 0 Å². The highest BCUT2D eigenvalue weighted by Gasteiger charge is 2.32. The molecule has 0 spiro atoms. The van der Waals surface area contributed by atoms with Crippen LogP contribution in [0.5, 0.6) is 0 Å². The summed E-state index contributed by atoms with van der Waals surface area (Å²) < 4.78 is 0. The Kier molecular flexibility index (Phi) is 5.58. The lowest BCUT2D eigenvalue weighted by molar-refractivity contribution is -0.141. The van der Waals surface area contributed by atoms with Gasteiger partial charge in [-0.15, -0.1) is 0 Å². The summed E-state index contributed by atoms with van der Waals surface area (Å²) in [5.74, 6) is -1.04. The van der Waals surface area contributed by atoms with Crippen molar-refractivity contribution >= 4 is 11.9 Å². The third-order valence-electron chi connectivity index (χ3n) is 4.64.